The third-order valence-corrected chi connectivity index (χ3v) is 8.52. The molecule has 0 bridgehead atoms. The Bertz CT molecular complexity index is 1200. The Labute approximate surface area is 254 Å². The lowest BCUT2D eigenvalue weighted by Crippen LogP contribution is -2.47. The van der Waals surface area contributed by atoms with Crippen molar-refractivity contribution in [2.45, 2.75) is 69.8 Å². The summed E-state index contributed by atoms with van der Waals surface area (Å²) in [6, 6.07) is 16.9. The summed E-state index contributed by atoms with van der Waals surface area (Å²) in [7, 11) is 0. The Balaban J connectivity index is 0.00000405. The number of esters is 1. The van der Waals surface area contributed by atoms with Gasteiger partial charge in [0.05, 0.1) is 0 Å². The van der Waals surface area contributed by atoms with Gasteiger partial charge in [0.25, 0.3) is 0 Å². The number of anilines is 1. The number of benzene rings is 2. The Kier molecular flexibility index (Phi) is 12.1. The number of rotatable bonds is 9. The van der Waals surface area contributed by atoms with Crippen molar-refractivity contribution in [3.8, 4) is 0 Å². The van der Waals surface area contributed by atoms with E-state index in [9.17, 15) is 13.6 Å². The summed E-state index contributed by atoms with van der Waals surface area (Å²) in [6.07, 6.45) is 11.4. The molecule has 0 atom stereocenters. The normalized spacial score (nSPS) is 16.9. The van der Waals surface area contributed by atoms with Gasteiger partial charge in [0.2, 0.25) is 0 Å². The van der Waals surface area contributed by atoms with Crippen LogP contribution in [0, 0.1) is 11.6 Å². The number of halogens is 3. The quantitative estimate of drug-likeness (QED) is 0.236. The van der Waals surface area contributed by atoms with Gasteiger partial charge in [-0.3, -0.25) is 4.90 Å². The highest BCUT2D eigenvalue weighted by molar-refractivity contribution is 5.95. The Morgan fingerprint density at radius 1 is 0.833 bits per heavy atom. The molecule has 42 heavy (non-hydrogen) atoms. The van der Waals surface area contributed by atoms with Crippen LogP contribution in [0.25, 0.3) is 0 Å². The van der Waals surface area contributed by atoms with E-state index in [1.165, 1.54) is 43.5 Å². The van der Waals surface area contributed by atoms with Crippen molar-refractivity contribution < 1.29 is 18.3 Å². The summed E-state index contributed by atoms with van der Waals surface area (Å²) < 4.78 is 33.1. The molecule has 226 valence electrons. The molecule has 1 aromatic heterocycles. The van der Waals surface area contributed by atoms with Gasteiger partial charge in [0.15, 0.2) is 0 Å². The fourth-order valence-electron chi connectivity index (χ4n) is 6.18. The van der Waals surface area contributed by atoms with Gasteiger partial charge in [0, 0.05) is 38.3 Å². The second kappa shape index (κ2) is 16.0. The van der Waals surface area contributed by atoms with Crippen LogP contribution in [0.5, 0.6) is 0 Å². The molecule has 1 aliphatic heterocycles. The Morgan fingerprint density at radius 3 is 2.00 bits per heavy atom. The molecule has 8 heteroatoms. The molecule has 0 unspecified atom stereocenters. The molecular formula is C34H42ClF2N3O2. The van der Waals surface area contributed by atoms with E-state index in [4.69, 9.17) is 4.74 Å². The second-order valence-corrected chi connectivity index (χ2v) is 11.4. The molecule has 2 aliphatic rings. The molecule has 2 fully saturated rings. The molecule has 5 rings (SSSR count). The lowest BCUT2D eigenvalue weighted by molar-refractivity contribution is 0.0239. The maximum absolute atomic E-state index is 13.6. The van der Waals surface area contributed by atoms with Gasteiger partial charge in [-0.2, -0.15) is 0 Å². The van der Waals surface area contributed by atoms with E-state index in [1.54, 1.807) is 6.20 Å². The predicted octanol–water partition coefficient (Wildman–Crippen LogP) is 7.79. The van der Waals surface area contributed by atoms with Crippen molar-refractivity contribution in [1.29, 1.82) is 0 Å². The van der Waals surface area contributed by atoms with Crippen molar-refractivity contribution in [3.05, 3.63) is 95.2 Å². The maximum atomic E-state index is 13.6. The first-order chi connectivity index (χ1) is 20.1. The number of pyridine rings is 1. The lowest BCUT2D eigenvalue weighted by atomic mass is 9.87. The molecule has 0 amide bonds. The van der Waals surface area contributed by atoms with Crippen LogP contribution >= 0.6 is 12.4 Å². The third kappa shape index (κ3) is 8.74. The average Bonchev–Trinajstić information content (AvgIpc) is 2.98. The van der Waals surface area contributed by atoms with E-state index in [0.717, 1.165) is 88.2 Å². The first-order valence-electron chi connectivity index (χ1n) is 15.2. The molecule has 0 N–H and O–H groups in total. The summed E-state index contributed by atoms with van der Waals surface area (Å²) in [4.78, 5) is 22.4. The van der Waals surface area contributed by atoms with Crippen LogP contribution in [0.1, 0.15) is 85.2 Å². The van der Waals surface area contributed by atoms with Crippen LogP contribution in [0.4, 0.5) is 14.6 Å². The number of aromatic nitrogens is 1. The second-order valence-electron chi connectivity index (χ2n) is 11.4. The summed E-state index contributed by atoms with van der Waals surface area (Å²) in [5.41, 5.74) is 2.64. The summed E-state index contributed by atoms with van der Waals surface area (Å²) in [5, 5.41) is 0. The monoisotopic (exact) mass is 597 g/mol. The SMILES string of the molecule is Cl.O=C(OC1CCCCCCC1)c1cccnc1N1CCN(CCCC(c2ccc(F)cc2)c2ccc(F)cc2)CC1. The van der Waals surface area contributed by atoms with Crippen LogP contribution in [0.3, 0.4) is 0 Å². The fourth-order valence-corrected chi connectivity index (χ4v) is 6.18. The highest BCUT2D eigenvalue weighted by Crippen LogP contribution is 2.30. The standard InChI is InChI=1S/C34H41F2N3O2.ClH/c35-28-16-12-26(13-17-28)31(27-14-18-29(36)19-15-27)11-7-21-38-22-24-39(25-23-38)33-32(10-6-20-37-33)34(40)41-30-8-4-2-1-3-5-9-30;/h6,10,12-20,30-31H,1-5,7-9,11,21-25H2;1H. The zero-order valence-electron chi connectivity index (χ0n) is 24.2. The molecule has 1 saturated heterocycles. The zero-order chi connectivity index (χ0) is 28.4. The number of ether oxygens (including phenoxy) is 1. The summed E-state index contributed by atoms with van der Waals surface area (Å²) in [6.45, 7) is 4.28. The molecule has 0 spiro atoms. The number of piperazine rings is 1. The van der Waals surface area contributed by atoms with Crippen LogP contribution in [-0.2, 0) is 4.74 Å². The molecule has 2 aromatic carbocycles. The van der Waals surface area contributed by atoms with Crippen molar-refractivity contribution in [3.63, 3.8) is 0 Å². The molecule has 1 aliphatic carbocycles. The Morgan fingerprint density at radius 2 is 1.40 bits per heavy atom. The highest BCUT2D eigenvalue weighted by atomic mass is 35.5. The minimum absolute atomic E-state index is 0. The van der Waals surface area contributed by atoms with Gasteiger partial charge in [0.1, 0.15) is 29.1 Å². The van der Waals surface area contributed by atoms with Crippen LogP contribution in [0.2, 0.25) is 0 Å². The van der Waals surface area contributed by atoms with Crippen LogP contribution < -0.4 is 4.90 Å². The van der Waals surface area contributed by atoms with Gasteiger partial charge < -0.3 is 9.64 Å². The van der Waals surface area contributed by atoms with Gasteiger partial charge in [-0.05, 0) is 92.6 Å². The molecule has 1 saturated carbocycles. The Hall–Kier alpha value is -3.03. The first-order valence-corrected chi connectivity index (χ1v) is 15.2. The lowest BCUT2D eigenvalue weighted by Gasteiger charge is -2.36. The van der Waals surface area contributed by atoms with E-state index in [2.05, 4.69) is 14.8 Å². The van der Waals surface area contributed by atoms with Crippen LogP contribution in [0.15, 0.2) is 66.9 Å². The van der Waals surface area contributed by atoms with Crippen molar-refractivity contribution >= 4 is 24.2 Å². The molecule has 2 heterocycles. The molecule has 3 aromatic rings. The van der Waals surface area contributed by atoms with Gasteiger partial charge in [-0.25, -0.2) is 18.6 Å². The first kappa shape index (κ1) is 31.9. The minimum Gasteiger partial charge on any atom is -0.459 e. The number of carbonyl (C=O) groups is 1. The van der Waals surface area contributed by atoms with Crippen molar-refractivity contribution in [2.75, 3.05) is 37.6 Å². The topological polar surface area (TPSA) is 45.7 Å². The van der Waals surface area contributed by atoms with E-state index < -0.39 is 0 Å². The van der Waals surface area contributed by atoms with E-state index in [1.807, 2.05) is 36.4 Å². The highest BCUT2D eigenvalue weighted by Gasteiger charge is 2.25. The number of carbonyl (C=O) groups excluding carboxylic acids is 1. The third-order valence-electron chi connectivity index (χ3n) is 8.52. The van der Waals surface area contributed by atoms with Crippen LogP contribution in [-0.4, -0.2) is 54.7 Å². The van der Waals surface area contributed by atoms with E-state index in [-0.39, 0.29) is 42.0 Å². The molecule has 5 nitrogen and oxygen atoms in total. The summed E-state index contributed by atoms with van der Waals surface area (Å²) >= 11 is 0. The van der Waals surface area contributed by atoms with Crippen molar-refractivity contribution in [1.82, 2.24) is 9.88 Å². The zero-order valence-corrected chi connectivity index (χ0v) is 25.0. The van der Waals surface area contributed by atoms with Gasteiger partial charge in [-0.15, -0.1) is 12.4 Å². The summed E-state index contributed by atoms with van der Waals surface area (Å²) in [5.74, 6) is 0.0316. The van der Waals surface area contributed by atoms with E-state index >= 15 is 0 Å². The largest absolute Gasteiger partial charge is 0.459 e. The fraction of sp³-hybridized carbons (Fsp3) is 0.471. The molecule has 0 radical (unpaired) electrons. The van der Waals surface area contributed by atoms with E-state index in [0.29, 0.717) is 5.56 Å². The predicted molar refractivity (Wildman–Crippen MR) is 166 cm³/mol. The molecular weight excluding hydrogens is 556 g/mol. The minimum atomic E-state index is -0.256. The number of hydrogen-bond donors (Lipinski definition) is 0. The number of hydrogen-bond acceptors (Lipinski definition) is 5. The smallest absolute Gasteiger partial charge is 0.342 e. The van der Waals surface area contributed by atoms with Crippen molar-refractivity contribution in [2.24, 2.45) is 0 Å². The van der Waals surface area contributed by atoms with Gasteiger partial charge >= 0.3 is 5.97 Å². The maximum Gasteiger partial charge on any atom is 0.342 e. The van der Waals surface area contributed by atoms with Gasteiger partial charge in [-0.1, -0.05) is 43.5 Å². The average molecular weight is 598 g/mol. The number of nitrogens with zero attached hydrogens (tertiary/aromatic N) is 3.